The molecule has 1 heterocycles. The lowest BCUT2D eigenvalue weighted by atomic mass is 9.76. The minimum Gasteiger partial charge on any atom is -0.390 e. The second-order valence-electron chi connectivity index (χ2n) is 5.52. The van der Waals surface area contributed by atoms with Gasteiger partial charge in [-0.15, -0.1) is 0 Å². The molecule has 0 bridgehead atoms. The number of aliphatic hydroxyl groups is 1. The fourth-order valence-electron chi connectivity index (χ4n) is 2.87. The lowest BCUT2D eigenvalue weighted by Crippen LogP contribution is -2.18. The van der Waals surface area contributed by atoms with Crippen molar-refractivity contribution in [2.24, 2.45) is 11.8 Å². The van der Waals surface area contributed by atoms with Crippen molar-refractivity contribution in [2.75, 3.05) is 0 Å². The molecule has 0 aliphatic heterocycles. The number of hydrogen-bond acceptors (Lipinski definition) is 2. The predicted octanol–water partition coefficient (Wildman–Crippen LogP) is 3.50. The van der Waals surface area contributed by atoms with E-state index in [1.807, 2.05) is 12.1 Å². The highest BCUT2D eigenvalue weighted by molar-refractivity contribution is 5.15. The normalized spacial score (nSPS) is 26.8. The first kappa shape index (κ1) is 12.6. The topological polar surface area (TPSA) is 33.1 Å². The summed E-state index contributed by atoms with van der Waals surface area (Å²) in [5, 5.41) is 9.13. The van der Waals surface area contributed by atoms with Crippen molar-refractivity contribution in [1.29, 1.82) is 0 Å². The highest BCUT2D eigenvalue weighted by Crippen LogP contribution is 2.37. The lowest BCUT2D eigenvalue weighted by molar-refractivity contribution is 0.256. The molecule has 0 radical (unpaired) electrons. The van der Waals surface area contributed by atoms with Gasteiger partial charge in [-0.1, -0.05) is 32.8 Å². The van der Waals surface area contributed by atoms with E-state index in [2.05, 4.69) is 24.9 Å². The number of aliphatic hydroxyl groups excluding tert-OH is 1. The molecule has 1 atom stereocenters. The Hall–Kier alpha value is -0.890. The highest BCUT2D eigenvalue weighted by Gasteiger charge is 2.24. The zero-order valence-corrected chi connectivity index (χ0v) is 10.9. The Morgan fingerprint density at radius 1 is 1.29 bits per heavy atom. The van der Waals surface area contributed by atoms with Crippen LogP contribution in [0.5, 0.6) is 0 Å². The van der Waals surface area contributed by atoms with Gasteiger partial charge in [0.2, 0.25) is 0 Å². The standard InChI is InChI=1S/C15H23NO/c1-11-6-8-13(9-7-11)12(2)15-5-3-4-14(10-17)16-15/h3-5,11-13,17H,6-10H2,1-2H3/t11-,12-,13-/m1/s1. The van der Waals surface area contributed by atoms with Gasteiger partial charge in [-0.3, -0.25) is 4.98 Å². The molecule has 0 unspecified atom stereocenters. The number of aromatic nitrogens is 1. The molecule has 2 rings (SSSR count). The molecule has 0 amide bonds. The summed E-state index contributed by atoms with van der Waals surface area (Å²) >= 11 is 0. The monoisotopic (exact) mass is 233 g/mol. The van der Waals surface area contributed by atoms with Crippen molar-refractivity contribution in [3.8, 4) is 0 Å². The molecule has 1 fully saturated rings. The van der Waals surface area contributed by atoms with E-state index in [0.717, 1.165) is 23.2 Å². The smallest absolute Gasteiger partial charge is 0.0853 e. The van der Waals surface area contributed by atoms with Gasteiger partial charge in [0.05, 0.1) is 12.3 Å². The van der Waals surface area contributed by atoms with Gasteiger partial charge in [0.15, 0.2) is 0 Å². The minimum absolute atomic E-state index is 0.0439. The van der Waals surface area contributed by atoms with Gasteiger partial charge in [-0.2, -0.15) is 0 Å². The molecule has 2 heteroatoms. The van der Waals surface area contributed by atoms with Crippen LogP contribution < -0.4 is 0 Å². The summed E-state index contributed by atoms with van der Waals surface area (Å²) in [7, 11) is 0. The van der Waals surface area contributed by atoms with Gasteiger partial charge in [0, 0.05) is 11.6 Å². The predicted molar refractivity (Wildman–Crippen MR) is 69.7 cm³/mol. The van der Waals surface area contributed by atoms with E-state index in [-0.39, 0.29) is 6.61 Å². The van der Waals surface area contributed by atoms with E-state index in [4.69, 9.17) is 5.11 Å². The van der Waals surface area contributed by atoms with E-state index in [1.165, 1.54) is 25.7 Å². The van der Waals surface area contributed by atoms with Crippen LogP contribution in [0.1, 0.15) is 56.8 Å². The van der Waals surface area contributed by atoms with E-state index in [1.54, 1.807) is 0 Å². The first-order chi connectivity index (χ1) is 8.20. The molecule has 1 saturated carbocycles. The molecule has 2 nitrogen and oxygen atoms in total. The highest BCUT2D eigenvalue weighted by atomic mass is 16.3. The van der Waals surface area contributed by atoms with Crippen molar-refractivity contribution in [2.45, 2.75) is 52.1 Å². The molecule has 94 valence electrons. The van der Waals surface area contributed by atoms with Crippen molar-refractivity contribution < 1.29 is 5.11 Å². The van der Waals surface area contributed by atoms with Crippen LogP contribution in [0, 0.1) is 11.8 Å². The van der Waals surface area contributed by atoms with Crippen LogP contribution in [0.15, 0.2) is 18.2 Å². The third kappa shape index (κ3) is 3.06. The van der Waals surface area contributed by atoms with Crippen molar-refractivity contribution in [3.05, 3.63) is 29.6 Å². The van der Waals surface area contributed by atoms with E-state index in [0.29, 0.717) is 5.92 Å². The van der Waals surface area contributed by atoms with Crippen LogP contribution >= 0.6 is 0 Å². The summed E-state index contributed by atoms with van der Waals surface area (Å²) in [6.45, 7) is 4.68. The first-order valence-electron chi connectivity index (χ1n) is 6.77. The molecule has 1 aliphatic rings. The quantitative estimate of drug-likeness (QED) is 0.866. The van der Waals surface area contributed by atoms with E-state index in [9.17, 15) is 0 Å². The molecule has 0 aromatic carbocycles. The van der Waals surface area contributed by atoms with E-state index < -0.39 is 0 Å². The van der Waals surface area contributed by atoms with Crippen LogP contribution in [0.25, 0.3) is 0 Å². The van der Waals surface area contributed by atoms with Gasteiger partial charge in [0.25, 0.3) is 0 Å². The average molecular weight is 233 g/mol. The summed E-state index contributed by atoms with van der Waals surface area (Å²) in [4.78, 5) is 4.54. The summed E-state index contributed by atoms with van der Waals surface area (Å²) in [5.74, 6) is 2.19. The molecule has 1 aromatic heterocycles. The molecular weight excluding hydrogens is 210 g/mol. The third-order valence-corrected chi connectivity index (χ3v) is 4.22. The Balaban J connectivity index is 2.05. The SMILES string of the molecule is C[C@@H](c1cccc(CO)n1)[C@H]1CC[C@H](C)CC1. The number of pyridine rings is 1. The van der Waals surface area contributed by atoms with Gasteiger partial charge in [-0.25, -0.2) is 0 Å². The molecule has 17 heavy (non-hydrogen) atoms. The molecule has 1 aromatic rings. The first-order valence-corrected chi connectivity index (χ1v) is 6.77. The molecular formula is C15H23NO. The maximum absolute atomic E-state index is 9.13. The van der Waals surface area contributed by atoms with Crippen molar-refractivity contribution in [1.82, 2.24) is 4.98 Å². The zero-order valence-electron chi connectivity index (χ0n) is 10.9. The van der Waals surface area contributed by atoms with Crippen molar-refractivity contribution >= 4 is 0 Å². The summed E-state index contributed by atoms with van der Waals surface area (Å²) in [6, 6.07) is 6.00. The largest absolute Gasteiger partial charge is 0.390 e. The fraction of sp³-hybridized carbons (Fsp3) is 0.667. The molecule has 0 saturated heterocycles. The maximum atomic E-state index is 9.13. The number of hydrogen-bond donors (Lipinski definition) is 1. The van der Waals surface area contributed by atoms with Crippen LogP contribution in [0.3, 0.4) is 0 Å². The number of rotatable bonds is 3. The van der Waals surface area contributed by atoms with E-state index >= 15 is 0 Å². The number of nitrogens with zero attached hydrogens (tertiary/aromatic N) is 1. The Morgan fingerprint density at radius 2 is 2.00 bits per heavy atom. The lowest BCUT2D eigenvalue weighted by Gasteiger charge is -2.30. The third-order valence-electron chi connectivity index (χ3n) is 4.22. The second kappa shape index (κ2) is 5.63. The zero-order chi connectivity index (χ0) is 12.3. The summed E-state index contributed by atoms with van der Waals surface area (Å²) < 4.78 is 0. The van der Waals surface area contributed by atoms with Crippen LogP contribution in [0.4, 0.5) is 0 Å². The summed E-state index contributed by atoms with van der Waals surface area (Å²) in [5.41, 5.74) is 1.94. The van der Waals surface area contributed by atoms with Gasteiger partial charge < -0.3 is 5.11 Å². The van der Waals surface area contributed by atoms with Crippen LogP contribution in [-0.4, -0.2) is 10.1 Å². The minimum atomic E-state index is 0.0439. The Bertz CT molecular complexity index is 356. The fourth-order valence-corrected chi connectivity index (χ4v) is 2.87. The Morgan fingerprint density at radius 3 is 2.65 bits per heavy atom. The Labute approximate surface area is 104 Å². The molecule has 1 N–H and O–H groups in total. The van der Waals surface area contributed by atoms with Crippen LogP contribution in [0.2, 0.25) is 0 Å². The maximum Gasteiger partial charge on any atom is 0.0853 e. The van der Waals surface area contributed by atoms with Crippen molar-refractivity contribution in [3.63, 3.8) is 0 Å². The molecule has 1 aliphatic carbocycles. The Kier molecular flexibility index (Phi) is 4.16. The van der Waals surface area contributed by atoms with Crippen LogP contribution in [-0.2, 0) is 6.61 Å². The second-order valence-corrected chi connectivity index (χ2v) is 5.52. The van der Waals surface area contributed by atoms with Gasteiger partial charge in [-0.05, 0) is 36.8 Å². The van der Waals surface area contributed by atoms with Gasteiger partial charge >= 0.3 is 0 Å². The molecule has 0 spiro atoms. The van der Waals surface area contributed by atoms with Gasteiger partial charge in [0.1, 0.15) is 0 Å². The summed E-state index contributed by atoms with van der Waals surface area (Å²) in [6.07, 6.45) is 5.37. The average Bonchev–Trinajstić information content (AvgIpc) is 2.39.